The van der Waals surface area contributed by atoms with E-state index in [1.54, 1.807) is 11.3 Å². The summed E-state index contributed by atoms with van der Waals surface area (Å²) in [5, 5.41) is 2.87. The lowest BCUT2D eigenvalue weighted by Gasteiger charge is -2.10. The smallest absolute Gasteiger partial charge is 0.151 e. The van der Waals surface area contributed by atoms with Crippen LogP contribution in [0.3, 0.4) is 0 Å². The van der Waals surface area contributed by atoms with Crippen molar-refractivity contribution in [1.29, 1.82) is 0 Å². The molecule has 5 heteroatoms. The first kappa shape index (κ1) is 18.1. The molecule has 0 spiro atoms. The van der Waals surface area contributed by atoms with Gasteiger partial charge in [0.25, 0.3) is 0 Å². The molecule has 138 valence electrons. The lowest BCUT2D eigenvalue weighted by molar-refractivity contribution is 0.303. The molecular formula is C22H21ClN2OS. The van der Waals surface area contributed by atoms with Gasteiger partial charge in [0.1, 0.15) is 5.75 Å². The Bertz CT molecular complexity index is 1040. The van der Waals surface area contributed by atoms with Gasteiger partial charge >= 0.3 is 0 Å². The van der Waals surface area contributed by atoms with E-state index in [1.807, 2.05) is 31.2 Å². The molecule has 0 unspecified atom stereocenters. The number of unbranched alkanes of at least 4 members (excludes halogenated alkanes) is 1. The molecule has 0 saturated heterocycles. The molecule has 0 fully saturated rings. The number of benzene rings is 2. The molecule has 0 bridgehead atoms. The van der Waals surface area contributed by atoms with Gasteiger partial charge in [-0.1, -0.05) is 29.8 Å². The first-order valence-corrected chi connectivity index (χ1v) is 10.4. The van der Waals surface area contributed by atoms with E-state index < -0.39 is 0 Å². The van der Waals surface area contributed by atoms with Crippen LogP contribution < -0.4 is 4.74 Å². The molecule has 4 aromatic rings. The van der Waals surface area contributed by atoms with Gasteiger partial charge in [-0.15, -0.1) is 11.3 Å². The number of thiophene rings is 1. The Morgan fingerprint density at radius 2 is 1.96 bits per heavy atom. The first-order valence-electron chi connectivity index (χ1n) is 9.10. The predicted octanol–water partition coefficient (Wildman–Crippen LogP) is 6.59. The zero-order valence-electron chi connectivity index (χ0n) is 15.2. The van der Waals surface area contributed by atoms with Crippen LogP contribution in [0.1, 0.15) is 18.4 Å². The molecule has 0 amide bonds. The van der Waals surface area contributed by atoms with Gasteiger partial charge in [-0.2, -0.15) is 0 Å². The fraction of sp³-hybridized carbons (Fsp3) is 0.227. The molecular weight excluding hydrogens is 376 g/mol. The van der Waals surface area contributed by atoms with Crippen LogP contribution in [0.15, 0.2) is 60.0 Å². The minimum atomic E-state index is 0.696. The summed E-state index contributed by atoms with van der Waals surface area (Å²) in [6, 6.07) is 18.3. The molecule has 0 aliphatic rings. The summed E-state index contributed by atoms with van der Waals surface area (Å²) in [6.45, 7) is 3.62. The number of hydrogen-bond donors (Lipinski definition) is 0. The van der Waals surface area contributed by atoms with Crippen LogP contribution in [-0.4, -0.2) is 16.2 Å². The van der Waals surface area contributed by atoms with Gasteiger partial charge in [-0.3, -0.25) is 0 Å². The molecule has 0 aliphatic heterocycles. The minimum Gasteiger partial charge on any atom is -0.494 e. The Labute approximate surface area is 168 Å². The SMILES string of the molecule is Cc1cc(OCCCCn2c(-c3cccs3)nc3ccccc32)ccc1Cl. The van der Waals surface area contributed by atoms with Crippen LogP contribution in [0.2, 0.25) is 5.02 Å². The second-order valence-electron chi connectivity index (χ2n) is 6.52. The van der Waals surface area contributed by atoms with E-state index in [2.05, 4.69) is 40.3 Å². The molecule has 2 aromatic heterocycles. The zero-order chi connectivity index (χ0) is 18.6. The molecule has 2 heterocycles. The highest BCUT2D eigenvalue weighted by Gasteiger charge is 2.12. The van der Waals surface area contributed by atoms with Gasteiger partial charge in [-0.05, 0) is 67.1 Å². The Kier molecular flexibility index (Phi) is 5.46. The van der Waals surface area contributed by atoms with Gasteiger partial charge in [0.05, 0.1) is 22.5 Å². The number of aromatic nitrogens is 2. The number of fused-ring (bicyclic) bond motifs is 1. The van der Waals surface area contributed by atoms with Crippen LogP contribution in [0.4, 0.5) is 0 Å². The van der Waals surface area contributed by atoms with Crippen LogP contribution in [0.5, 0.6) is 5.75 Å². The standard InChI is InChI=1S/C22H21ClN2OS/c1-16-15-17(10-11-18(16)23)26-13-5-4-12-25-20-8-3-2-7-19(20)24-22(25)21-9-6-14-27-21/h2-3,6-11,14-15H,4-5,12-13H2,1H3. The van der Waals surface area contributed by atoms with Gasteiger partial charge in [0.2, 0.25) is 0 Å². The zero-order valence-corrected chi connectivity index (χ0v) is 16.8. The number of imidazole rings is 1. The van der Waals surface area contributed by atoms with Crippen molar-refractivity contribution in [3.05, 3.63) is 70.6 Å². The number of nitrogens with zero attached hydrogens (tertiary/aromatic N) is 2. The maximum atomic E-state index is 6.06. The Hall–Kier alpha value is -2.30. The van der Waals surface area contributed by atoms with Crippen LogP contribution >= 0.6 is 22.9 Å². The highest BCUT2D eigenvalue weighted by atomic mass is 35.5. The lowest BCUT2D eigenvalue weighted by atomic mass is 10.2. The molecule has 0 saturated carbocycles. The van der Waals surface area contributed by atoms with Crippen molar-refractivity contribution in [3.63, 3.8) is 0 Å². The van der Waals surface area contributed by atoms with Crippen molar-refractivity contribution in [1.82, 2.24) is 9.55 Å². The Morgan fingerprint density at radius 1 is 1.07 bits per heavy atom. The summed E-state index contributed by atoms with van der Waals surface area (Å²) in [4.78, 5) is 6.06. The van der Waals surface area contributed by atoms with E-state index in [4.69, 9.17) is 21.3 Å². The highest BCUT2D eigenvalue weighted by molar-refractivity contribution is 7.13. The Morgan fingerprint density at radius 3 is 2.78 bits per heavy atom. The summed E-state index contributed by atoms with van der Waals surface area (Å²) < 4.78 is 8.20. The second-order valence-corrected chi connectivity index (χ2v) is 7.87. The number of para-hydroxylation sites is 2. The van der Waals surface area contributed by atoms with Crippen molar-refractivity contribution < 1.29 is 4.74 Å². The molecule has 0 atom stereocenters. The van der Waals surface area contributed by atoms with Crippen LogP contribution in [-0.2, 0) is 6.54 Å². The number of rotatable bonds is 7. The summed E-state index contributed by atoms with van der Waals surface area (Å²) in [7, 11) is 0. The van der Waals surface area contributed by atoms with Crippen LogP contribution in [0.25, 0.3) is 21.7 Å². The number of aryl methyl sites for hydroxylation is 2. The predicted molar refractivity (Wildman–Crippen MR) is 114 cm³/mol. The third kappa shape index (κ3) is 4.02. The molecule has 3 nitrogen and oxygen atoms in total. The number of ether oxygens (including phenoxy) is 1. The van der Waals surface area contributed by atoms with Crippen molar-refractivity contribution in [3.8, 4) is 16.5 Å². The third-order valence-corrected chi connectivity index (χ3v) is 5.86. The van der Waals surface area contributed by atoms with E-state index in [-0.39, 0.29) is 0 Å². The largest absolute Gasteiger partial charge is 0.494 e. The third-order valence-electron chi connectivity index (χ3n) is 4.57. The van der Waals surface area contributed by atoms with Gasteiger partial charge in [-0.25, -0.2) is 4.98 Å². The topological polar surface area (TPSA) is 27.1 Å². The summed E-state index contributed by atoms with van der Waals surface area (Å²) in [5.41, 5.74) is 3.28. The molecule has 0 aliphatic carbocycles. The quantitative estimate of drug-likeness (QED) is 0.329. The monoisotopic (exact) mass is 396 g/mol. The van der Waals surface area contributed by atoms with Crippen molar-refractivity contribution in [2.45, 2.75) is 26.3 Å². The molecule has 0 radical (unpaired) electrons. The fourth-order valence-corrected chi connectivity index (χ4v) is 4.00. The van der Waals surface area contributed by atoms with E-state index >= 15 is 0 Å². The van der Waals surface area contributed by atoms with Crippen LogP contribution in [0, 0.1) is 6.92 Å². The normalized spacial score (nSPS) is 11.2. The number of hydrogen-bond acceptors (Lipinski definition) is 3. The molecule has 27 heavy (non-hydrogen) atoms. The average molecular weight is 397 g/mol. The van der Waals surface area contributed by atoms with E-state index in [1.165, 1.54) is 10.4 Å². The van der Waals surface area contributed by atoms with Crippen molar-refractivity contribution in [2.75, 3.05) is 6.61 Å². The van der Waals surface area contributed by atoms with E-state index in [0.29, 0.717) is 6.61 Å². The van der Waals surface area contributed by atoms with Crippen molar-refractivity contribution >= 4 is 34.0 Å². The molecule has 0 N–H and O–H groups in total. The summed E-state index contributed by atoms with van der Waals surface area (Å²) in [5.74, 6) is 1.93. The average Bonchev–Trinajstić information content (AvgIpc) is 3.32. The highest BCUT2D eigenvalue weighted by Crippen LogP contribution is 2.28. The van der Waals surface area contributed by atoms with Gasteiger partial charge < -0.3 is 9.30 Å². The lowest BCUT2D eigenvalue weighted by Crippen LogP contribution is -2.03. The van der Waals surface area contributed by atoms with Gasteiger partial charge in [0, 0.05) is 11.6 Å². The van der Waals surface area contributed by atoms with Gasteiger partial charge in [0.15, 0.2) is 5.82 Å². The maximum Gasteiger partial charge on any atom is 0.151 e. The summed E-state index contributed by atoms with van der Waals surface area (Å²) >= 11 is 7.79. The maximum absolute atomic E-state index is 6.06. The van der Waals surface area contributed by atoms with E-state index in [9.17, 15) is 0 Å². The Balaban J connectivity index is 1.41. The number of halogens is 1. The van der Waals surface area contributed by atoms with E-state index in [0.717, 1.165) is 47.1 Å². The van der Waals surface area contributed by atoms with Crippen molar-refractivity contribution in [2.24, 2.45) is 0 Å². The molecule has 2 aromatic carbocycles. The second kappa shape index (κ2) is 8.15. The summed E-state index contributed by atoms with van der Waals surface area (Å²) in [6.07, 6.45) is 2.02. The minimum absolute atomic E-state index is 0.696. The molecule has 4 rings (SSSR count). The first-order chi connectivity index (χ1) is 13.2. The fourth-order valence-electron chi connectivity index (χ4n) is 3.16.